The molecule has 1 N–H and O–H groups in total. The van der Waals surface area contributed by atoms with Crippen molar-refractivity contribution >= 4 is 17.3 Å². The third-order valence-corrected chi connectivity index (χ3v) is 4.18. The molecule has 19 heavy (non-hydrogen) atoms. The van der Waals surface area contributed by atoms with Crippen LogP contribution in [0.5, 0.6) is 0 Å². The number of hydrogen-bond donors (Lipinski definition) is 1. The Morgan fingerprint density at radius 2 is 2.00 bits per heavy atom. The molecule has 0 spiro atoms. The first-order chi connectivity index (χ1) is 8.97. The Morgan fingerprint density at radius 1 is 1.26 bits per heavy atom. The number of aromatic nitrogens is 1. The molecule has 0 fully saturated rings. The Kier molecular flexibility index (Phi) is 4.00. The van der Waals surface area contributed by atoms with E-state index in [1.54, 1.807) is 11.3 Å². The fraction of sp³-hybridized carbons (Fsp3) is 0.333. The normalized spacial score (nSPS) is 10.7. The summed E-state index contributed by atoms with van der Waals surface area (Å²) in [6.07, 6.45) is 0.697. The number of aliphatic carboxylic acids is 1. The summed E-state index contributed by atoms with van der Waals surface area (Å²) in [5, 5.41) is 9.79. The molecule has 4 heteroatoms. The molecule has 0 saturated carbocycles. The first kappa shape index (κ1) is 13.7. The minimum absolute atomic E-state index is 0.152. The van der Waals surface area contributed by atoms with Crippen LogP contribution >= 0.6 is 11.3 Å². The Bertz CT molecular complexity index is 617. The van der Waals surface area contributed by atoms with Gasteiger partial charge >= 0.3 is 5.97 Å². The summed E-state index contributed by atoms with van der Waals surface area (Å²) in [5.74, 6) is -0.767. The molecule has 0 atom stereocenters. The maximum atomic E-state index is 10.7. The molecule has 1 aromatic carbocycles. The van der Waals surface area contributed by atoms with Crippen molar-refractivity contribution in [2.45, 2.75) is 33.6 Å². The molecular weight excluding hydrogens is 258 g/mol. The van der Waals surface area contributed by atoms with E-state index in [1.807, 2.05) is 6.92 Å². The molecule has 0 bridgehead atoms. The highest BCUT2D eigenvalue weighted by Gasteiger charge is 2.13. The number of rotatable bonds is 4. The van der Waals surface area contributed by atoms with Gasteiger partial charge in [0.2, 0.25) is 0 Å². The second-order valence-corrected chi connectivity index (χ2v) is 5.99. The largest absolute Gasteiger partial charge is 0.481 e. The zero-order valence-electron chi connectivity index (χ0n) is 11.4. The van der Waals surface area contributed by atoms with Crippen LogP contribution in [0.1, 0.15) is 27.4 Å². The van der Waals surface area contributed by atoms with Crippen LogP contribution in [0.2, 0.25) is 0 Å². The van der Waals surface area contributed by atoms with Crippen LogP contribution in [0.4, 0.5) is 0 Å². The number of hydrogen-bond acceptors (Lipinski definition) is 3. The lowest BCUT2D eigenvalue weighted by molar-refractivity contribution is -0.136. The van der Waals surface area contributed by atoms with E-state index >= 15 is 0 Å². The van der Waals surface area contributed by atoms with E-state index in [9.17, 15) is 4.79 Å². The number of carboxylic acid groups (broad SMARTS) is 1. The van der Waals surface area contributed by atoms with Crippen LogP contribution in [0.25, 0.3) is 11.3 Å². The van der Waals surface area contributed by atoms with Crippen molar-refractivity contribution in [1.29, 1.82) is 0 Å². The van der Waals surface area contributed by atoms with Gasteiger partial charge in [0.15, 0.2) is 0 Å². The minimum Gasteiger partial charge on any atom is -0.481 e. The Hall–Kier alpha value is -1.68. The number of carboxylic acids is 1. The van der Waals surface area contributed by atoms with Gasteiger partial charge in [-0.1, -0.05) is 12.1 Å². The van der Waals surface area contributed by atoms with Gasteiger partial charge in [-0.15, -0.1) is 11.3 Å². The van der Waals surface area contributed by atoms with Crippen LogP contribution in [0.3, 0.4) is 0 Å². The number of benzene rings is 1. The summed E-state index contributed by atoms with van der Waals surface area (Å²) in [6.45, 7) is 6.12. The van der Waals surface area contributed by atoms with Crippen LogP contribution in [-0.4, -0.2) is 16.1 Å². The standard InChI is InChI=1S/C15H17NO2S/c1-9-4-5-12(8-10(9)2)15-13(6-7-14(17)18)19-11(3)16-15/h4-5,8H,6-7H2,1-3H3,(H,17,18). The number of thiazole rings is 1. The average Bonchev–Trinajstić information content (AvgIpc) is 2.71. The molecule has 0 unspecified atom stereocenters. The summed E-state index contributed by atoms with van der Waals surface area (Å²) >= 11 is 1.59. The zero-order chi connectivity index (χ0) is 14.0. The highest BCUT2D eigenvalue weighted by atomic mass is 32.1. The third kappa shape index (κ3) is 3.20. The van der Waals surface area contributed by atoms with E-state index in [2.05, 4.69) is 37.0 Å². The lowest BCUT2D eigenvalue weighted by Gasteiger charge is -2.05. The van der Waals surface area contributed by atoms with Crippen molar-refractivity contribution in [3.8, 4) is 11.3 Å². The van der Waals surface area contributed by atoms with Gasteiger partial charge in [0.25, 0.3) is 0 Å². The fourth-order valence-corrected chi connectivity index (χ4v) is 2.93. The highest BCUT2D eigenvalue weighted by molar-refractivity contribution is 7.12. The van der Waals surface area contributed by atoms with Gasteiger partial charge in [-0.05, 0) is 44.4 Å². The molecule has 0 radical (unpaired) electrons. The maximum Gasteiger partial charge on any atom is 0.303 e. The number of nitrogens with zero attached hydrogens (tertiary/aromatic N) is 1. The monoisotopic (exact) mass is 275 g/mol. The van der Waals surface area contributed by atoms with Crippen molar-refractivity contribution in [2.24, 2.45) is 0 Å². The molecule has 0 saturated heterocycles. The molecule has 2 rings (SSSR count). The molecule has 0 aliphatic carbocycles. The molecule has 100 valence electrons. The molecule has 1 aromatic heterocycles. The lowest BCUT2D eigenvalue weighted by atomic mass is 10.0. The van der Waals surface area contributed by atoms with E-state index in [0.717, 1.165) is 21.1 Å². The highest BCUT2D eigenvalue weighted by Crippen LogP contribution is 2.30. The van der Waals surface area contributed by atoms with Crippen LogP contribution in [0, 0.1) is 20.8 Å². The second kappa shape index (κ2) is 5.53. The predicted molar refractivity (Wildman–Crippen MR) is 77.7 cm³/mol. The van der Waals surface area contributed by atoms with Gasteiger partial charge < -0.3 is 5.11 Å². The molecule has 0 aliphatic rings. The van der Waals surface area contributed by atoms with E-state index in [4.69, 9.17) is 5.11 Å². The van der Waals surface area contributed by atoms with E-state index in [0.29, 0.717) is 6.42 Å². The third-order valence-electron chi connectivity index (χ3n) is 3.15. The van der Waals surface area contributed by atoms with Crippen molar-refractivity contribution in [3.05, 3.63) is 39.2 Å². The number of carbonyl (C=O) groups is 1. The Morgan fingerprint density at radius 3 is 2.63 bits per heavy atom. The van der Waals surface area contributed by atoms with Gasteiger partial charge in [0, 0.05) is 10.4 Å². The van der Waals surface area contributed by atoms with Crippen molar-refractivity contribution in [3.63, 3.8) is 0 Å². The van der Waals surface area contributed by atoms with Crippen molar-refractivity contribution < 1.29 is 9.90 Å². The average molecular weight is 275 g/mol. The molecule has 0 aliphatic heterocycles. The smallest absolute Gasteiger partial charge is 0.303 e. The summed E-state index contributed by atoms with van der Waals surface area (Å²) in [6, 6.07) is 6.26. The molecule has 0 amide bonds. The van der Waals surface area contributed by atoms with E-state index in [-0.39, 0.29) is 6.42 Å². The summed E-state index contributed by atoms with van der Waals surface area (Å²) in [5.41, 5.74) is 4.50. The van der Waals surface area contributed by atoms with Crippen LogP contribution < -0.4 is 0 Å². The van der Waals surface area contributed by atoms with Crippen LogP contribution in [-0.2, 0) is 11.2 Å². The number of aryl methyl sites for hydroxylation is 4. The lowest BCUT2D eigenvalue weighted by Crippen LogP contribution is -1.97. The topological polar surface area (TPSA) is 50.2 Å². The van der Waals surface area contributed by atoms with Crippen molar-refractivity contribution in [1.82, 2.24) is 4.98 Å². The summed E-state index contributed by atoms with van der Waals surface area (Å²) < 4.78 is 0. The van der Waals surface area contributed by atoms with Gasteiger partial charge in [0.1, 0.15) is 0 Å². The van der Waals surface area contributed by atoms with Gasteiger partial charge in [-0.3, -0.25) is 4.79 Å². The second-order valence-electron chi connectivity index (χ2n) is 4.70. The summed E-state index contributed by atoms with van der Waals surface area (Å²) in [4.78, 5) is 16.3. The summed E-state index contributed by atoms with van der Waals surface area (Å²) in [7, 11) is 0. The molecule has 3 nitrogen and oxygen atoms in total. The molecule has 1 heterocycles. The fourth-order valence-electron chi connectivity index (χ4n) is 1.97. The predicted octanol–water partition coefficient (Wildman–Crippen LogP) is 3.75. The van der Waals surface area contributed by atoms with Gasteiger partial charge in [-0.2, -0.15) is 0 Å². The zero-order valence-corrected chi connectivity index (χ0v) is 12.2. The first-order valence-corrected chi connectivity index (χ1v) is 7.04. The Labute approximate surface area is 116 Å². The molecule has 2 aromatic rings. The molecular formula is C15H17NO2S. The van der Waals surface area contributed by atoms with Crippen LogP contribution in [0.15, 0.2) is 18.2 Å². The first-order valence-electron chi connectivity index (χ1n) is 6.23. The van der Waals surface area contributed by atoms with Gasteiger partial charge in [0.05, 0.1) is 17.1 Å². The maximum absolute atomic E-state index is 10.7. The SMILES string of the molecule is Cc1nc(-c2ccc(C)c(C)c2)c(CCC(=O)O)s1. The quantitative estimate of drug-likeness (QED) is 0.924. The van der Waals surface area contributed by atoms with Gasteiger partial charge in [-0.25, -0.2) is 4.98 Å². The van der Waals surface area contributed by atoms with E-state index in [1.165, 1.54) is 11.1 Å². The van der Waals surface area contributed by atoms with E-state index < -0.39 is 5.97 Å². The Balaban J connectivity index is 2.37. The van der Waals surface area contributed by atoms with Crippen molar-refractivity contribution in [2.75, 3.05) is 0 Å². The minimum atomic E-state index is -0.767.